The first-order valence-corrected chi connectivity index (χ1v) is 23.6. The number of ketones is 2. The second kappa shape index (κ2) is 16.4. The van der Waals surface area contributed by atoms with Crippen molar-refractivity contribution in [3.05, 3.63) is 117 Å². The van der Waals surface area contributed by atoms with Crippen LogP contribution in [0.25, 0.3) is 6.08 Å². The van der Waals surface area contributed by atoms with E-state index >= 15 is 9.59 Å². The van der Waals surface area contributed by atoms with Gasteiger partial charge in [0.05, 0.1) is 11.6 Å². The van der Waals surface area contributed by atoms with Crippen molar-refractivity contribution in [3.63, 3.8) is 0 Å². The number of rotatable bonds is 13. The van der Waals surface area contributed by atoms with E-state index in [1.807, 2.05) is 130 Å². The number of aromatic nitrogens is 2. The van der Waals surface area contributed by atoms with Crippen molar-refractivity contribution < 1.29 is 33.1 Å². The number of aliphatic hydroxyl groups excluding tert-OH is 1. The zero-order valence-corrected chi connectivity index (χ0v) is 37.8. The Labute approximate surface area is 354 Å². The van der Waals surface area contributed by atoms with Crippen molar-refractivity contribution in [2.24, 2.45) is 11.8 Å². The number of pyridine rings is 1. The van der Waals surface area contributed by atoms with Crippen LogP contribution in [0.1, 0.15) is 82.1 Å². The monoisotopic (exact) mass is 833 g/mol. The number of likely N-dealkylation sites (N-methyl/N-ethyl adjacent to an activating group) is 1. The number of allylic oxidation sites excluding steroid dienone is 1. The highest BCUT2D eigenvalue weighted by Crippen LogP contribution is 2.60. The standard InChI is InChI=1S/C47H59N5O7Si/c1-46(2,3)60(10,11)59-47-33(38(51(6)7)41-37(43(47)55)45(49-58-41)57-28-30-21-16-13-17-22-30)26-31-25-32-36(39(53)35(31)42(47)54)40(56-27-29-19-14-12-15-20-29)34(23-18-24-50(4)5)48-44(32)52(8)9/h12-23,31,33,38,54H,24-28H2,1-11H3/t31-,33-,38-,47-/m0/s1. The van der Waals surface area contributed by atoms with E-state index in [1.165, 1.54) is 0 Å². The third-order valence-corrected chi connectivity index (χ3v) is 17.0. The molecule has 0 saturated carbocycles. The molecule has 0 bridgehead atoms. The number of nitrogens with zero attached hydrogens (tertiary/aromatic N) is 5. The number of fused-ring (bicyclic) bond motifs is 4. The summed E-state index contributed by atoms with van der Waals surface area (Å²) in [5, 5.41) is 17.2. The van der Waals surface area contributed by atoms with Gasteiger partial charge in [0.15, 0.2) is 31.2 Å². The van der Waals surface area contributed by atoms with Crippen LogP contribution in [0.3, 0.4) is 0 Å². The predicted octanol–water partition coefficient (Wildman–Crippen LogP) is 8.32. The molecule has 4 atom stereocenters. The van der Waals surface area contributed by atoms with Crippen LogP contribution in [0.5, 0.6) is 11.6 Å². The molecule has 3 aliphatic rings. The van der Waals surface area contributed by atoms with E-state index in [2.05, 4.69) is 39.0 Å². The maximum absolute atomic E-state index is 15.7. The van der Waals surface area contributed by atoms with Gasteiger partial charge in [0.2, 0.25) is 5.78 Å². The van der Waals surface area contributed by atoms with Crippen molar-refractivity contribution in [2.75, 3.05) is 53.7 Å². The first-order valence-electron chi connectivity index (χ1n) is 20.7. The van der Waals surface area contributed by atoms with E-state index in [9.17, 15) is 5.11 Å². The normalized spacial score (nSPS) is 21.6. The number of hydrogen-bond donors (Lipinski definition) is 1. The lowest BCUT2D eigenvalue weighted by Crippen LogP contribution is -2.65. The van der Waals surface area contributed by atoms with Gasteiger partial charge in [-0.25, -0.2) is 4.98 Å². The van der Waals surface area contributed by atoms with Gasteiger partial charge in [-0.15, -0.1) is 0 Å². The zero-order valence-electron chi connectivity index (χ0n) is 36.8. The minimum absolute atomic E-state index is 0.0232. The number of hydrogen-bond acceptors (Lipinski definition) is 12. The largest absolute Gasteiger partial charge is 0.508 e. The fourth-order valence-corrected chi connectivity index (χ4v) is 10.1. The lowest BCUT2D eigenvalue weighted by Gasteiger charge is -2.55. The summed E-state index contributed by atoms with van der Waals surface area (Å²) < 4.78 is 26.3. The molecule has 0 amide bonds. The summed E-state index contributed by atoms with van der Waals surface area (Å²) in [7, 11) is 8.72. The Morgan fingerprint density at radius 2 is 1.53 bits per heavy atom. The number of carbonyl (C=O) groups is 2. The van der Waals surface area contributed by atoms with E-state index in [0.717, 1.165) is 16.7 Å². The molecule has 2 heterocycles. The number of benzene rings is 2. The highest BCUT2D eigenvalue weighted by atomic mass is 28.4. The first kappa shape index (κ1) is 43.0. The molecular formula is C47H59N5O7Si. The molecule has 1 N–H and O–H groups in total. The Kier molecular flexibility index (Phi) is 11.8. The molecule has 2 aromatic carbocycles. The summed E-state index contributed by atoms with van der Waals surface area (Å²) in [6.45, 7) is 11.4. The Hall–Kier alpha value is -5.08. The molecule has 0 unspecified atom stereocenters. The van der Waals surface area contributed by atoms with Crippen molar-refractivity contribution in [2.45, 2.75) is 76.6 Å². The van der Waals surface area contributed by atoms with Crippen LogP contribution in [0.15, 0.2) is 82.6 Å². The number of Topliss-reactive ketones (excluding diaryl/α,β-unsaturated/α-hetero) is 2. The number of ether oxygens (including phenoxy) is 2. The second-order valence-corrected chi connectivity index (χ2v) is 23.2. The van der Waals surface area contributed by atoms with Gasteiger partial charge in [-0.1, -0.05) is 87.5 Å². The SMILES string of the molecule is CN(C)CC=Cc1nc(N(C)C)c2c(c1OCc1ccccc1)C(=O)C1=C(O)[C@]3(O[Si](C)(C)C(C)(C)C)C(=O)c4c(OCc5ccccc5)noc4[C@@H](N(C)C)[C@@H]3C[C@@H]1C2. The molecule has 2 aromatic heterocycles. The predicted molar refractivity (Wildman–Crippen MR) is 235 cm³/mol. The summed E-state index contributed by atoms with van der Waals surface area (Å²) >= 11 is 0. The molecule has 7 rings (SSSR count). The van der Waals surface area contributed by atoms with Gasteiger partial charge in [0, 0.05) is 37.7 Å². The maximum Gasteiger partial charge on any atom is 0.265 e. The lowest BCUT2D eigenvalue weighted by atomic mass is 9.58. The smallest absolute Gasteiger partial charge is 0.265 e. The maximum atomic E-state index is 15.7. The number of carbonyl (C=O) groups excluding carboxylic acids is 2. The van der Waals surface area contributed by atoms with Gasteiger partial charge >= 0.3 is 0 Å². The van der Waals surface area contributed by atoms with E-state index in [0.29, 0.717) is 48.0 Å². The summed E-state index contributed by atoms with van der Waals surface area (Å²) in [4.78, 5) is 42.4. The van der Waals surface area contributed by atoms with E-state index < -0.39 is 43.4 Å². The fraction of sp³-hybridized carbons (Fsp3) is 0.447. The molecular weight excluding hydrogens is 775 g/mol. The molecule has 0 fully saturated rings. The van der Waals surface area contributed by atoms with Gasteiger partial charge in [-0.2, -0.15) is 0 Å². The molecule has 3 aliphatic carbocycles. The van der Waals surface area contributed by atoms with Gasteiger partial charge in [-0.3, -0.25) is 14.5 Å². The Balaban J connectivity index is 1.46. The van der Waals surface area contributed by atoms with Crippen LogP contribution in [-0.4, -0.2) is 99.4 Å². The fourth-order valence-electron chi connectivity index (χ4n) is 8.63. The molecule has 60 heavy (non-hydrogen) atoms. The highest BCUT2D eigenvalue weighted by molar-refractivity contribution is 6.74. The third-order valence-electron chi connectivity index (χ3n) is 12.5. The summed E-state index contributed by atoms with van der Waals surface area (Å²) in [6, 6.07) is 18.8. The Bertz CT molecular complexity index is 2310. The molecule has 0 radical (unpaired) electrons. The van der Waals surface area contributed by atoms with E-state index in [1.54, 1.807) is 0 Å². The van der Waals surface area contributed by atoms with Crippen LogP contribution < -0.4 is 14.4 Å². The van der Waals surface area contributed by atoms with Crippen LogP contribution in [0.2, 0.25) is 18.1 Å². The first-order chi connectivity index (χ1) is 28.4. The molecule has 0 spiro atoms. The molecule has 13 heteroatoms. The Morgan fingerprint density at radius 3 is 2.10 bits per heavy atom. The van der Waals surface area contributed by atoms with E-state index in [-0.39, 0.29) is 41.0 Å². The molecule has 4 aromatic rings. The van der Waals surface area contributed by atoms with Crippen LogP contribution in [0.4, 0.5) is 5.82 Å². The van der Waals surface area contributed by atoms with Gasteiger partial charge in [-0.05, 0) is 87.4 Å². The van der Waals surface area contributed by atoms with Crippen molar-refractivity contribution >= 4 is 31.8 Å². The van der Waals surface area contributed by atoms with Crippen LogP contribution in [0, 0.1) is 11.8 Å². The zero-order chi connectivity index (χ0) is 43.3. The molecule has 318 valence electrons. The van der Waals surface area contributed by atoms with Crippen LogP contribution in [-0.2, 0) is 24.1 Å². The number of anilines is 1. The van der Waals surface area contributed by atoms with Crippen molar-refractivity contribution in [1.29, 1.82) is 0 Å². The number of aliphatic hydroxyl groups is 1. The topological polar surface area (TPSA) is 131 Å². The summed E-state index contributed by atoms with van der Waals surface area (Å²) in [6.07, 6.45) is 4.59. The lowest BCUT2D eigenvalue weighted by molar-refractivity contribution is -0.0480. The quantitative estimate of drug-likeness (QED) is 0.130. The average molecular weight is 834 g/mol. The van der Waals surface area contributed by atoms with Crippen molar-refractivity contribution in [3.8, 4) is 11.6 Å². The average Bonchev–Trinajstić information content (AvgIpc) is 3.61. The van der Waals surface area contributed by atoms with Crippen LogP contribution >= 0.6 is 0 Å². The van der Waals surface area contributed by atoms with Gasteiger partial charge < -0.3 is 33.3 Å². The Morgan fingerprint density at radius 1 is 0.917 bits per heavy atom. The summed E-state index contributed by atoms with van der Waals surface area (Å²) in [5.74, 6) is -1.06. The third kappa shape index (κ3) is 7.61. The van der Waals surface area contributed by atoms with Crippen molar-refractivity contribution in [1.82, 2.24) is 19.9 Å². The second-order valence-electron chi connectivity index (χ2n) is 18.5. The molecule has 0 aliphatic heterocycles. The summed E-state index contributed by atoms with van der Waals surface area (Å²) in [5.41, 5.74) is 1.71. The molecule has 0 saturated heterocycles. The minimum atomic E-state index is -2.91. The van der Waals surface area contributed by atoms with E-state index in [4.69, 9.17) is 23.4 Å². The van der Waals surface area contributed by atoms with Gasteiger partial charge in [0.25, 0.3) is 5.88 Å². The minimum Gasteiger partial charge on any atom is -0.508 e. The van der Waals surface area contributed by atoms with Gasteiger partial charge in [0.1, 0.15) is 36.0 Å². The highest BCUT2D eigenvalue weighted by Gasteiger charge is 2.67. The molecule has 12 nitrogen and oxygen atoms in total.